The van der Waals surface area contributed by atoms with Gasteiger partial charge in [0.15, 0.2) is 0 Å². The van der Waals surface area contributed by atoms with Crippen LogP contribution in [-0.2, 0) is 10.2 Å². The fourth-order valence-electron chi connectivity index (χ4n) is 2.27. The Labute approximate surface area is 114 Å². The van der Waals surface area contributed by atoms with Gasteiger partial charge in [0, 0.05) is 19.1 Å². The molecule has 1 heterocycles. The molecule has 2 N–H and O–H groups in total. The second-order valence-corrected chi connectivity index (χ2v) is 6.89. The highest BCUT2D eigenvalue weighted by atomic mass is 32.2. The lowest BCUT2D eigenvalue weighted by atomic mass is 10.1. The van der Waals surface area contributed by atoms with Crippen molar-refractivity contribution in [2.45, 2.75) is 26.3 Å². The van der Waals surface area contributed by atoms with E-state index >= 15 is 0 Å². The molecule has 19 heavy (non-hydrogen) atoms. The molecule has 0 amide bonds. The third-order valence-electron chi connectivity index (χ3n) is 3.42. The number of hydrogen-bond acceptors (Lipinski definition) is 3. The molecule has 1 saturated heterocycles. The number of phenols is 1. The molecule has 1 aromatic carbocycles. The van der Waals surface area contributed by atoms with E-state index in [0.717, 1.165) is 12.0 Å². The Morgan fingerprint density at radius 3 is 2.79 bits per heavy atom. The Bertz CT molecular complexity index is 545. The number of benzene rings is 1. The van der Waals surface area contributed by atoms with Gasteiger partial charge in [-0.2, -0.15) is 17.4 Å². The summed E-state index contributed by atoms with van der Waals surface area (Å²) in [5.74, 6) is 0.547. The van der Waals surface area contributed by atoms with Crippen LogP contribution in [0.15, 0.2) is 24.3 Å². The molecule has 106 valence electrons. The van der Waals surface area contributed by atoms with Crippen LogP contribution >= 0.6 is 0 Å². The monoisotopic (exact) mass is 284 g/mol. The summed E-state index contributed by atoms with van der Waals surface area (Å²) in [6.45, 7) is 4.96. The average Bonchev–Trinajstić information content (AvgIpc) is 2.76. The van der Waals surface area contributed by atoms with E-state index in [2.05, 4.69) is 4.72 Å². The molecule has 0 aromatic heterocycles. The Hall–Kier alpha value is -1.11. The lowest BCUT2D eigenvalue weighted by Crippen LogP contribution is -2.40. The van der Waals surface area contributed by atoms with E-state index in [1.165, 1.54) is 4.31 Å². The molecule has 2 rings (SSSR count). The van der Waals surface area contributed by atoms with Crippen LogP contribution in [0.25, 0.3) is 0 Å². The van der Waals surface area contributed by atoms with Gasteiger partial charge in [-0.05, 0) is 37.0 Å². The zero-order valence-corrected chi connectivity index (χ0v) is 12.0. The van der Waals surface area contributed by atoms with Crippen molar-refractivity contribution in [3.8, 4) is 5.75 Å². The molecule has 1 aliphatic heterocycles. The van der Waals surface area contributed by atoms with Crippen molar-refractivity contribution in [2.75, 3.05) is 13.1 Å². The van der Waals surface area contributed by atoms with Crippen LogP contribution in [0.3, 0.4) is 0 Å². The Balaban J connectivity index is 2.08. The van der Waals surface area contributed by atoms with Gasteiger partial charge in [-0.1, -0.05) is 19.1 Å². The molecule has 1 aliphatic rings. The highest BCUT2D eigenvalue weighted by Crippen LogP contribution is 2.22. The third-order valence-corrected chi connectivity index (χ3v) is 5.09. The fraction of sp³-hybridized carbons (Fsp3) is 0.538. The number of rotatable bonds is 4. The van der Waals surface area contributed by atoms with Crippen molar-refractivity contribution in [1.82, 2.24) is 9.03 Å². The van der Waals surface area contributed by atoms with Gasteiger partial charge in [0.2, 0.25) is 0 Å². The van der Waals surface area contributed by atoms with E-state index in [1.807, 2.05) is 6.92 Å². The van der Waals surface area contributed by atoms with E-state index in [-0.39, 0.29) is 11.8 Å². The van der Waals surface area contributed by atoms with Crippen molar-refractivity contribution in [3.05, 3.63) is 29.8 Å². The largest absolute Gasteiger partial charge is 0.508 e. The quantitative estimate of drug-likeness (QED) is 0.883. The van der Waals surface area contributed by atoms with Crippen molar-refractivity contribution < 1.29 is 13.5 Å². The normalized spacial score (nSPS) is 22.5. The minimum Gasteiger partial charge on any atom is -0.508 e. The lowest BCUT2D eigenvalue weighted by Gasteiger charge is -2.21. The minimum absolute atomic E-state index is 0.137. The summed E-state index contributed by atoms with van der Waals surface area (Å²) in [5, 5.41) is 9.42. The lowest BCUT2D eigenvalue weighted by molar-refractivity contribution is 0.445. The number of nitrogens with one attached hydrogen (secondary N) is 1. The molecule has 0 bridgehead atoms. The molecule has 1 fully saturated rings. The standard InChI is InChI=1S/C13H20N2O3S/c1-10-6-7-15(9-10)19(17,18)14-11(2)12-4-3-5-13(16)8-12/h3-5,8,10-11,14,16H,6-7,9H2,1-2H3/t10?,11-/m1/s1. The topological polar surface area (TPSA) is 69.6 Å². The fourth-order valence-corrected chi connectivity index (χ4v) is 3.80. The van der Waals surface area contributed by atoms with E-state index in [0.29, 0.717) is 19.0 Å². The molecule has 2 atom stereocenters. The first-order chi connectivity index (χ1) is 8.88. The number of hydrogen-bond donors (Lipinski definition) is 2. The molecular formula is C13H20N2O3S. The van der Waals surface area contributed by atoms with Crippen molar-refractivity contribution >= 4 is 10.2 Å². The third kappa shape index (κ3) is 3.46. The molecule has 0 spiro atoms. The molecular weight excluding hydrogens is 264 g/mol. The first-order valence-corrected chi connectivity index (χ1v) is 7.89. The van der Waals surface area contributed by atoms with E-state index in [9.17, 15) is 13.5 Å². The zero-order chi connectivity index (χ0) is 14.0. The van der Waals surface area contributed by atoms with Crippen LogP contribution in [0.2, 0.25) is 0 Å². The summed E-state index contributed by atoms with van der Waals surface area (Å²) in [6, 6.07) is 6.26. The first-order valence-electron chi connectivity index (χ1n) is 6.45. The van der Waals surface area contributed by atoms with Crippen LogP contribution in [0.5, 0.6) is 5.75 Å². The molecule has 1 unspecified atom stereocenters. The maximum absolute atomic E-state index is 12.2. The number of nitrogens with zero attached hydrogens (tertiary/aromatic N) is 1. The van der Waals surface area contributed by atoms with Crippen molar-refractivity contribution in [1.29, 1.82) is 0 Å². The summed E-state index contributed by atoms with van der Waals surface area (Å²) >= 11 is 0. The van der Waals surface area contributed by atoms with Gasteiger partial charge in [0.1, 0.15) is 5.75 Å². The molecule has 5 nitrogen and oxygen atoms in total. The number of aromatic hydroxyl groups is 1. The van der Waals surface area contributed by atoms with Crippen LogP contribution in [0, 0.1) is 5.92 Å². The smallest absolute Gasteiger partial charge is 0.280 e. The van der Waals surface area contributed by atoms with Crippen molar-refractivity contribution in [2.24, 2.45) is 5.92 Å². The van der Waals surface area contributed by atoms with Gasteiger partial charge in [-0.3, -0.25) is 0 Å². The molecule has 0 radical (unpaired) electrons. The maximum atomic E-state index is 12.2. The SMILES string of the molecule is CC1CCN(S(=O)(=O)N[C@H](C)c2cccc(O)c2)C1. The van der Waals surface area contributed by atoms with Gasteiger partial charge in [-0.15, -0.1) is 0 Å². The minimum atomic E-state index is -3.45. The van der Waals surface area contributed by atoms with E-state index < -0.39 is 10.2 Å². The number of phenolic OH excluding ortho intramolecular Hbond substituents is 1. The van der Waals surface area contributed by atoms with Crippen LogP contribution in [-0.4, -0.2) is 30.9 Å². The van der Waals surface area contributed by atoms with E-state index in [1.54, 1.807) is 31.2 Å². The second kappa shape index (κ2) is 5.48. The zero-order valence-electron chi connectivity index (χ0n) is 11.2. The highest BCUT2D eigenvalue weighted by Gasteiger charge is 2.30. The summed E-state index contributed by atoms with van der Waals surface area (Å²) in [6.07, 6.45) is 0.904. The van der Waals surface area contributed by atoms with E-state index in [4.69, 9.17) is 0 Å². The van der Waals surface area contributed by atoms with Crippen LogP contribution < -0.4 is 4.72 Å². The Kier molecular flexibility index (Phi) is 4.13. The van der Waals surface area contributed by atoms with Crippen LogP contribution in [0.1, 0.15) is 31.9 Å². The molecule has 0 aliphatic carbocycles. The Morgan fingerprint density at radius 2 is 2.21 bits per heavy atom. The molecule has 6 heteroatoms. The highest BCUT2D eigenvalue weighted by molar-refractivity contribution is 7.87. The molecule has 0 saturated carbocycles. The second-order valence-electron chi connectivity index (χ2n) is 5.19. The molecule has 1 aromatic rings. The summed E-state index contributed by atoms with van der Waals surface area (Å²) in [5.41, 5.74) is 0.746. The summed E-state index contributed by atoms with van der Waals surface area (Å²) < 4.78 is 28.5. The van der Waals surface area contributed by atoms with Gasteiger partial charge < -0.3 is 5.11 Å². The van der Waals surface area contributed by atoms with Gasteiger partial charge >= 0.3 is 0 Å². The predicted molar refractivity (Wildman–Crippen MR) is 73.9 cm³/mol. The summed E-state index contributed by atoms with van der Waals surface area (Å²) in [7, 11) is -3.45. The predicted octanol–water partition coefficient (Wildman–Crippen LogP) is 1.63. The van der Waals surface area contributed by atoms with Gasteiger partial charge in [0.05, 0.1) is 0 Å². The van der Waals surface area contributed by atoms with Crippen LogP contribution in [0.4, 0.5) is 0 Å². The van der Waals surface area contributed by atoms with Crippen molar-refractivity contribution in [3.63, 3.8) is 0 Å². The Morgan fingerprint density at radius 1 is 1.47 bits per heavy atom. The average molecular weight is 284 g/mol. The first kappa shape index (κ1) is 14.3. The van der Waals surface area contributed by atoms with Gasteiger partial charge in [0.25, 0.3) is 10.2 Å². The van der Waals surface area contributed by atoms with Gasteiger partial charge in [-0.25, -0.2) is 0 Å². The maximum Gasteiger partial charge on any atom is 0.280 e. The summed E-state index contributed by atoms with van der Waals surface area (Å²) in [4.78, 5) is 0.